The molecule has 0 atom stereocenters. The first-order valence-corrected chi connectivity index (χ1v) is 4.61. The molecule has 0 heterocycles. The van der Waals surface area contributed by atoms with E-state index in [1.54, 1.807) is 0 Å². The molecule has 0 unspecified atom stereocenters. The van der Waals surface area contributed by atoms with Crippen LogP contribution in [0.3, 0.4) is 0 Å². The molecule has 1 N–H and O–H groups in total. The SMILES string of the molecule is O=S(=O)(O)C(F)(F)C(F)(F)C(F)(F)C(F)(F)F.[AlH3]. The van der Waals surface area contributed by atoms with Gasteiger partial charge in [0, 0.05) is 0 Å². The van der Waals surface area contributed by atoms with Crippen LogP contribution in [0.5, 0.6) is 0 Å². The molecule has 0 radical (unpaired) electrons. The fourth-order valence-corrected chi connectivity index (χ4v) is 0.975. The fraction of sp³-hybridized carbons (Fsp3) is 1.00. The summed E-state index contributed by atoms with van der Waals surface area (Å²) >= 11 is 0. The smallest absolute Gasteiger partial charge is 0.281 e. The van der Waals surface area contributed by atoms with Crippen LogP contribution in [0, 0.1) is 0 Å². The average molecular weight is 330 g/mol. The largest absolute Gasteiger partial charge is 0.460 e. The quantitative estimate of drug-likeness (QED) is 0.479. The zero-order valence-corrected chi connectivity index (χ0v) is 7.89. The summed E-state index contributed by atoms with van der Waals surface area (Å²) in [6.07, 6.45) is -7.13. The van der Waals surface area contributed by atoms with Crippen molar-refractivity contribution in [3.8, 4) is 0 Å². The minimum Gasteiger partial charge on any atom is -0.281 e. The zero-order valence-electron chi connectivity index (χ0n) is 7.07. The van der Waals surface area contributed by atoms with E-state index in [-0.39, 0.29) is 17.4 Å². The Kier molecular flexibility index (Phi) is 5.29. The average Bonchev–Trinajstić information content (AvgIpc) is 1.98. The van der Waals surface area contributed by atoms with Crippen molar-refractivity contribution in [2.24, 2.45) is 0 Å². The Bertz CT molecular complexity index is 399. The summed E-state index contributed by atoms with van der Waals surface area (Å²) in [4.78, 5) is 0. The molecule has 0 bridgehead atoms. The van der Waals surface area contributed by atoms with Gasteiger partial charge in [0.2, 0.25) is 0 Å². The Hall–Kier alpha value is -0.188. The Morgan fingerprint density at radius 2 is 1.00 bits per heavy atom. The van der Waals surface area contributed by atoms with Crippen LogP contribution in [0.25, 0.3) is 0 Å². The molecular weight excluding hydrogens is 326 g/mol. The van der Waals surface area contributed by atoms with Gasteiger partial charge in [0.25, 0.3) is 0 Å². The maximum Gasteiger partial charge on any atom is 0.460 e. The highest BCUT2D eigenvalue weighted by molar-refractivity contribution is 7.87. The predicted molar refractivity (Wildman–Crippen MR) is 42.4 cm³/mol. The third kappa shape index (κ3) is 2.71. The maximum atomic E-state index is 12.2. The lowest BCUT2D eigenvalue weighted by atomic mass is 10.1. The zero-order chi connectivity index (χ0) is 14.5. The molecule has 0 aliphatic rings. The molecule has 0 spiro atoms. The maximum absolute atomic E-state index is 12.2. The van der Waals surface area contributed by atoms with E-state index in [1.165, 1.54) is 0 Å². The van der Waals surface area contributed by atoms with Crippen LogP contribution in [-0.2, 0) is 10.1 Å². The van der Waals surface area contributed by atoms with Gasteiger partial charge in [-0.15, -0.1) is 0 Å². The van der Waals surface area contributed by atoms with Gasteiger partial charge in [-0.05, 0) is 0 Å². The van der Waals surface area contributed by atoms with E-state index in [4.69, 9.17) is 4.55 Å². The normalized spacial score (nSPS) is 15.2. The summed E-state index contributed by atoms with van der Waals surface area (Å²) < 4.78 is 134. The number of halogens is 9. The molecule has 0 aliphatic heterocycles. The van der Waals surface area contributed by atoms with Crippen molar-refractivity contribution in [3.05, 3.63) is 0 Å². The van der Waals surface area contributed by atoms with Crippen LogP contribution in [0.1, 0.15) is 0 Å². The summed E-state index contributed by atoms with van der Waals surface area (Å²) in [5.74, 6) is -14.7. The van der Waals surface area contributed by atoms with E-state index in [0.29, 0.717) is 0 Å². The third-order valence-corrected chi connectivity index (χ3v) is 2.34. The van der Waals surface area contributed by atoms with Gasteiger partial charge in [0.1, 0.15) is 0 Å². The molecule has 0 saturated heterocycles. The molecular formula is C4H4AlF9O3S. The number of alkyl halides is 9. The van der Waals surface area contributed by atoms with Crippen LogP contribution >= 0.6 is 0 Å². The Morgan fingerprint density at radius 1 is 0.722 bits per heavy atom. The highest BCUT2D eigenvalue weighted by Crippen LogP contribution is 2.54. The lowest BCUT2D eigenvalue weighted by Crippen LogP contribution is -2.63. The molecule has 0 fully saturated rings. The Morgan fingerprint density at radius 3 is 1.17 bits per heavy atom. The van der Waals surface area contributed by atoms with Crippen LogP contribution in [0.4, 0.5) is 39.5 Å². The van der Waals surface area contributed by atoms with Crippen molar-refractivity contribution < 1.29 is 52.5 Å². The second-order valence-electron chi connectivity index (χ2n) is 2.64. The van der Waals surface area contributed by atoms with E-state index in [2.05, 4.69) is 0 Å². The summed E-state index contributed by atoms with van der Waals surface area (Å²) in [6, 6.07) is 0. The van der Waals surface area contributed by atoms with Crippen molar-refractivity contribution >= 4 is 27.5 Å². The van der Waals surface area contributed by atoms with Crippen molar-refractivity contribution in [3.63, 3.8) is 0 Å². The first-order valence-electron chi connectivity index (χ1n) is 3.17. The topological polar surface area (TPSA) is 54.4 Å². The van der Waals surface area contributed by atoms with Crippen molar-refractivity contribution in [2.45, 2.75) is 23.3 Å². The number of hydrogen-bond donors (Lipinski definition) is 1. The molecule has 0 amide bonds. The van der Waals surface area contributed by atoms with Gasteiger partial charge in [-0.1, -0.05) is 0 Å². The van der Waals surface area contributed by atoms with Crippen molar-refractivity contribution in [1.29, 1.82) is 0 Å². The van der Waals surface area contributed by atoms with Crippen LogP contribution in [0.15, 0.2) is 0 Å². The van der Waals surface area contributed by atoms with E-state index >= 15 is 0 Å². The van der Waals surface area contributed by atoms with Crippen LogP contribution < -0.4 is 0 Å². The van der Waals surface area contributed by atoms with E-state index in [1.807, 2.05) is 0 Å². The van der Waals surface area contributed by atoms with Crippen LogP contribution in [0.2, 0.25) is 0 Å². The van der Waals surface area contributed by atoms with E-state index in [9.17, 15) is 47.9 Å². The molecule has 0 aromatic heterocycles. The first kappa shape index (κ1) is 20.1. The van der Waals surface area contributed by atoms with Crippen LogP contribution in [-0.4, -0.2) is 53.6 Å². The van der Waals surface area contributed by atoms with Gasteiger partial charge in [-0.2, -0.15) is 47.9 Å². The molecule has 3 nitrogen and oxygen atoms in total. The van der Waals surface area contributed by atoms with E-state index < -0.39 is 33.4 Å². The summed E-state index contributed by atoms with van der Waals surface area (Å²) in [6.45, 7) is 0. The Labute approximate surface area is 104 Å². The molecule has 110 valence electrons. The van der Waals surface area contributed by atoms with Crippen molar-refractivity contribution in [2.75, 3.05) is 0 Å². The van der Waals surface area contributed by atoms with Gasteiger partial charge in [0.05, 0.1) is 0 Å². The molecule has 0 saturated carbocycles. The van der Waals surface area contributed by atoms with Gasteiger partial charge < -0.3 is 0 Å². The van der Waals surface area contributed by atoms with Crippen molar-refractivity contribution in [1.82, 2.24) is 0 Å². The van der Waals surface area contributed by atoms with Gasteiger partial charge in [-0.25, -0.2) is 0 Å². The summed E-state index contributed by atoms with van der Waals surface area (Å²) in [5, 5.41) is -7.00. The lowest BCUT2D eigenvalue weighted by molar-refractivity contribution is -0.382. The minimum atomic E-state index is -7.37. The monoisotopic (exact) mass is 330 g/mol. The second-order valence-corrected chi connectivity index (χ2v) is 4.10. The van der Waals surface area contributed by atoms with Gasteiger partial charge in [-0.3, -0.25) is 4.55 Å². The van der Waals surface area contributed by atoms with Gasteiger partial charge in [0.15, 0.2) is 17.4 Å². The standard InChI is InChI=1S/C4HF9O3S.Al.3H/c5-1(6,3(9,10)11)2(7,8)4(12,13)17(14,15)16;;;;/h(H,14,15,16);;;;. The van der Waals surface area contributed by atoms with E-state index in [0.717, 1.165) is 0 Å². The summed E-state index contributed by atoms with van der Waals surface area (Å²) in [5.41, 5.74) is 0. The number of rotatable bonds is 3. The fourth-order valence-electron chi connectivity index (χ4n) is 0.523. The highest BCUT2D eigenvalue weighted by atomic mass is 32.2. The minimum absolute atomic E-state index is 0. The third-order valence-electron chi connectivity index (χ3n) is 1.44. The number of hydrogen-bond acceptors (Lipinski definition) is 2. The highest BCUT2D eigenvalue weighted by Gasteiger charge is 2.85. The molecule has 0 aromatic carbocycles. The molecule has 18 heavy (non-hydrogen) atoms. The predicted octanol–water partition coefficient (Wildman–Crippen LogP) is 1.12. The molecule has 0 aliphatic carbocycles. The molecule has 0 aromatic rings. The first-order chi connectivity index (χ1) is 7.00. The lowest BCUT2D eigenvalue weighted by Gasteiger charge is -2.31. The van der Waals surface area contributed by atoms with Gasteiger partial charge >= 0.3 is 33.4 Å². The molecule has 0 rings (SSSR count). The Balaban J connectivity index is 0. The summed E-state index contributed by atoms with van der Waals surface area (Å²) in [7, 11) is -7.17. The second kappa shape index (κ2) is 4.73. The molecule has 14 heteroatoms.